The second kappa shape index (κ2) is 5.28. The zero-order valence-corrected chi connectivity index (χ0v) is 9.45. The van der Waals surface area contributed by atoms with E-state index in [1.54, 1.807) is 0 Å². The number of hydrogen-bond donors (Lipinski definition) is 1. The average Bonchev–Trinajstić information content (AvgIpc) is 2.54. The van der Waals surface area contributed by atoms with Crippen molar-refractivity contribution in [3.05, 3.63) is 18.0 Å². The van der Waals surface area contributed by atoms with Gasteiger partial charge in [0.2, 0.25) is 0 Å². The molecule has 0 saturated carbocycles. The normalized spacial score (nSPS) is 19.0. The summed E-state index contributed by atoms with van der Waals surface area (Å²) in [5.74, 6) is 0. The Bertz CT molecular complexity index is 287. The Morgan fingerprint density at radius 3 is 3.13 bits per heavy atom. The van der Waals surface area contributed by atoms with Crippen LogP contribution in [0.5, 0.6) is 0 Å². The first kappa shape index (κ1) is 10.6. The van der Waals surface area contributed by atoms with Gasteiger partial charge in [-0.1, -0.05) is 0 Å². The molecule has 84 valence electrons. The lowest BCUT2D eigenvalue weighted by Crippen LogP contribution is -2.27. The Kier molecular flexibility index (Phi) is 3.75. The van der Waals surface area contributed by atoms with Crippen LogP contribution in [0.25, 0.3) is 0 Å². The zero-order valence-electron chi connectivity index (χ0n) is 9.45. The summed E-state index contributed by atoms with van der Waals surface area (Å²) in [6.07, 6.45) is 3.31. The summed E-state index contributed by atoms with van der Waals surface area (Å²) in [5, 5.41) is 7.92. The zero-order chi connectivity index (χ0) is 10.5. The molecule has 4 heteroatoms. The van der Waals surface area contributed by atoms with E-state index in [-0.39, 0.29) is 0 Å². The van der Waals surface area contributed by atoms with Crippen LogP contribution in [-0.4, -0.2) is 40.9 Å². The molecule has 0 atom stereocenters. The maximum Gasteiger partial charge on any atom is 0.0764 e. The van der Waals surface area contributed by atoms with Crippen LogP contribution in [0.15, 0.2) is 12.3 Å². The minimum absolute atomic E-state index is 0.960. The second-order valence-electron chi connectivity index (χ2n) is 4.04. The number of nitrogens with one attached hydrogen (secondary N) is 1. The number of nitrogens with zero attached hydrogens (tertiary/aromatic N) is 3. The molecule has 1 N–H and O–H groups in total. The first-order valence-corrected chi connectivity index (χ1v) is 5.84. The van der Waals surface area contributed by atoms with Crippen molar-refractivity contribution in [2.24, 2.45) is 0 Å². The fourth-order valence-electron chi connectivity index (χ4n) is 1.95. The van der Waals surface area contributed by atoms with E-state index in [0.29, 0.717) is 0 Å². The summed E-state index contributed by atoms with van der Waals surface area (Å²) < 4.78 is 1.99. The van der Waals surface area contributed by atoms with Crippen LogP contribution in [0.2, 0.25) is 0 Å². The number of hydrogen-bond acceptors (Lipinski definition) is 3. The van der Waals surface area contributed by atoms with Crippen LogP contribution >= 0.6 is 0 Å². The van der Waals surface area contributed by atoms with E-state index in [0.717, 1.165) is 32.7 Å². The summed E-state index contributed by atoms with van der Waals surface area (Å²) in [5.41, 5.74) is 1.19. The molecule has 1 saturated heterocycles. The molecule has 1 aromatic heterocycles. The van der Waals surface area contributed by atoms with E-state index in [1.807, 2.05) is 4.68 Å². The van der Waals surface area contributed by atoms with Gasteiger partial charge in [-0.25, -0.2) is 0 Å². The SMILES string of the molecule is CCn1ccc(CN2CCCNCC2)n1. The lowest BCUT2D eigenvalue weighted by Gasteiger charge is -2.17. The first-order valence-electron chi connectivity index (χ1n) is 5.84. The maximum atomic E-state index is 4.51. The highest BCUT2D eigenvalue weighted by Gasteiger charge is 2.10. The minimum atomic E-state index is 0.960. The van der Waals surface area contributed by atoms with E-state index in [1.165, 1.54) is 18.7 Å². The van der Waals surface area contributed by atoms with Crippen molar-refractivity contribution < 1.29 is 0 Å². The predicted molar refractivity (Wildman–Crippen MR) is 60.7 cm³/mol. The van der Waals surface area contributed by atoms with Gasteiger partial charge in [-0.3, -0.25) is 9.58 Å². The van der Waals surface area contributed by atoms with Crippen LogP contribution in [0.1, 0.15) is 19.0 Å². The Hall–Kier alpha value is -0.870. The van der Waals surface area contributed by atoms with E-state index in [4.69, 9.17) is 0 Å². The van der Waals surface area contributed by atoms with Crippen molar-refractivity contribution in [1.82, 2.24) is 20.0 Å². The van der Waals surface area contributed by atoms with E-state index >= 15 is 0 Å². The van der Waals surface area contributed by atoms with Crippen molar-refractivity contribution in [2.45, 2.75) is 26.4 Å². The highest BCUT2D eigenvalue weighted by Crippen LogP contribution is 2.04. The van der Waals surface area contributed by atoms with Gasteiger partial charge in [0.15, 0.2) is 0 Å². The summed E-state index contributed by atoms with van der Waals surface area (Å²) >= 11 is 0. The number of aryl methyl sites for hydroxylation is 1. The molecule has 2 heterocycles. The van der Waals surface area contributed by atoms with Crippen LogP contribution in [0, 0.1) is 0 Å². The highest BCUT2D eigenvalue weighted by molar-refractivity contribution is 4.98. The minimum Gasteiger partial charge on any atom is -0.315 e. The van der Waals surface area contributed by atoms with Gasteiger partial charge in [0.05, 0.1) is 5.69 Å². The molecule has 4 nitrogen and oxygen atoms in total. The number of aromatic nitrogens is 2. The molecule has 1 fully saturated rings. The molecule has 0 aliphatic carbocycles. The lowest BCUT2D eigenvalue weighted by molar-refractivity contribution is 0.280. The second-order valence-corrected chi connectivity index (χ2v) is 4.04. The highest BCUT2D eigenvalue weighted by atomic mass is 15.3. The van der Waals surface area contributed by atoms with Gasteiger partial charge in [-0.2, -0.15) is 5.10 Å². The molecule has 0 amide bonds. The predicted octanol–water partition coefficient (Wildman–Crippen LogP) is 0.698. The molecule has 1 aliphatic rings. The molecule has 15 heavy (non-hydrogen) atoms. The van der Waals surface area contributed by atoms with Gasteiger partial charge >= 0.3 is 0 Å². The van der Waals surface area contributed by atoms with Crippen molar-refractivity contribution in [3.63, 3.8) is 0 Å². The Morgan fingerprint density at radius 2 is 2.33 bits per heavy atom. The summed E-state index contributed by atoms with van der Waals surface area (Å²) in [6, 6.07) is 2.13. The Morgan fingerprint density at radius 1 is 1.40 bits per heavy atom. The third-order valence-corrected chi connectivity index (χ3v) is 2.84. The first-order chi connectivity index (χ1) is 7.38. The van der Waals surface area contributed by atoms with E-state index in [9.17, 15) is 0 Å². The molecule has 1 aromatic rings. The third-order valence-electron chi connectivity index (χ3n) is 2.84. The largest absolute Gasteiger partial charge is 0.315 e. The standard InChI is InChI=1S/C11H20N4/c1-2-15-8-4-11(13-15)10-14-7-3-5-12-6-9-14/h4,8,12H,2-3,5-7,9-10H2,1H3. The summed E-state index contributed by atoms with van der Waals surface area (Å²) in [6.45, 7) is 8.65. The topological polar surface area (TPSA) is 33.1 Å². The third kappa shape index (κ3) is 3.04. The molecule has 0 aromatic carbocycles. The van der Waals surface area contributed by atoms with Crippen LogP contribution in [0.3, 0.4) is 0 Å². The quantitative estimate of drug-likeness (QED) is 0.793. The van der Waals surface area contributed by atoms with Crippen LogP contribution < -0.4 is 5.32 Å². The van der Waals surface area contributed by atoms with Gasteiger partial charge in [-0.05, 0) is 32.5 Å². The molecule has 1 aliphatic heterocycles. The van der Waals surface area contributed by atoms with E-state index < -0.39 is 0 Å². The van der Waals surface area contributed by atoms with Gasteiger partial charge < -0.3 is 5.32 Å². The molecule has 0 bridgehead atoms. The van der Waals surface area contributed by atoms with Crippen molar-refractivity contribution >= 4 is 0 Å². The molecule has 0 unspecified atom stereocenters. The van der Waals surface area contributed by atoms with Gasteiger partial charge in [-0.15, -0.1) is 0 Å². The maximum absolute atomic E-state index is 4.51. The monoisotopic (exact) mass is 208 g/mol. The average molecular weight is 208 g/mol. The van der Waals surface area contributed by atoms with Crippen molar-refractivity contribution in [1.29, 1.82) is 0 Å². The lowest BCUT2D eigenvalue weighted by atomic mass is 10.3. The van der Waals surface area contributed by atoms with Crippen LogP contribution in [0.4, 0.5) is 0 Å². The Balaban J connectivity index is 1.89. The molecular formula is C11H20N4. The van der Waals surface area contributed by atoms with Crippen LogP contribution in [-0.2, 0) is 13.1 Å². The Labute approximate surface area is 91.3 Å². The van der Waals surface area contributed by atoms with Gasteiger partial charge in [0.1, 0.15) is 0 Å². The smallest absolute Gasteiger partial charge is 0.0764 e. The fourth-order valence-corrected chi connectivity index (χ4v) is 1.95. The molecule has 2 rings (SSSR count). The molecule has 0 spiro atoms. The molecule has 0 radical (unpaired) electrons. The fraction of sp³-hybridized carbons (Fsp3) is 0.727. The van der Waals surface area contributed by atoms with Crippen molar-refractivity contribution in [3.8, 4) is 0 Å². The summed E-state index contributed by atoms with van der Waals surface area (Å²) in [4.78, 5) is 2.47. The van der Waals surface area contributed by atoms with E-state index in [2.05, 4.69) is 34.5 Å². The van der Waals surface area contributed by atoms with Crippen molar-refractivity contribution in [2.75, 3.05) is 26.2 Å². The molecular weight excluding hydrogens is 188 g/mol. The number of rotatable bonds is 3. The van der Waals surface area contributed by atoms with Gasteiger partial charge in [0, 0.05) is 32.4 Å². The summed E-state index contributed by atoms with van der Waals surface area (Å²) in [7, 11) is 0. The van der Waals surface area contributed by atoms with Gasteiger partial charge in [0.25, 0.3) is 0 Å².